The Hall–Kier alpha value is -0.400. The molecule has 0 aromatic heterocycles. The van der Waals surface area contributed by atoms with Crippen LogP contribution in [0.25, 0.3) is 0 Å². The molecule has 0 aromatic rings. The summed E-state index contributed by atoms with van der Waals surface area (Å²) in [6.07, 6.45) is -7.62. The highest BCUT2D eigenvalue weighted by Gasteiger charge is 2.44. The van der Waals surface area contributed by atoms with Crippen LogP contribution in [0, 0.1) is 0 Å². The summed E-state index contributed by atoms with van der Waals surface area (Å²) in [5, 5.41) is 40.4. The predicted octanol–water partition coefficient (Wildman–Crippen LogP) is -0.748. The smallest absolute Gasteiger partial charge is 0.161 e. The molecule has 10 nitrogen and oxygen atoms in total. The summed E-state index contributed by atoms with van der Waals surface area (Å²) in [5.74, 6) is 0. The molecule has 170 valence electrons. The molecule has 12 atom stereocenters. The van der Waals surface area contributed by atoms with Gasteiger partial charge in [0.2, 0.25) is 0 Å². The average Bonchev–Trinajstić information content (AvgIpc) is 2.64. The Balaban J connectivity index is 1.55. The van der Waals surface area contributed by atoms with Gasteiger partial charge in [-0.3, -0.25) is 0 Å². The third kappa shape index (κ3) is 5.45. The van der Waals surface area contributed by atoms with Crippen LogP contribution < -0.4 is 0 Å². The van der Waals surface area contributed by atoms with E-state index in [9.17, 15) is 20.4 Å². The Bertz CT molecular complexity index is 497. The van der Waals surface area contributed by atoms with Gasteiger partial charge in [-0.25, -0.2) is 0 Å². The maximum atomic E-state index is 10.6. The second-order valence-electron chi connectivity index (χ2n) is 8.15. The minimum Gasteiger partial charge on any atom is -0.390 e. The molecule has 3 heterocycles. The molecule has 0 bridgehead atoms. The van der Waals surface area contributed by atoms with E-state index in [2.05, 4.69) is 0 Å². The van der Waals surface area contributed by atoms with E-state index in [1.165, 1.54) is 7.11 Å². The molecule has 1 unspecified atom stereocenters. The van der Waals surface area contributed by atoms with Crippen molar-refractivity contribution in [1.82, 2.24) is 0 Å². The minimum atomic E-state index is -1.03. The molecule has 3 fully saturated rings. The highest BCUT2D eigenvalue weighted by molar-refractivity contribution is 4.87. The van der Waals surface area contributed by atoms with Gasteiger partial charge in [-0.2, -0.15) is 0 Å². The summed E-state index contributed by atoms with van der Waals surface area (Å²) >= 11 is 0. The van der Waals surface area contributed by atoms with E-state index in [0.29, 0.717) is 6.42 Å². The lowest BCUT2D eigenvalue weighted by Crippen LogP contribution is -2.56. The number of hydrogen-bond acceptors (Lipinski definition) is 10. The third-order valence-corrected chi connectivity index (χ3v) is 5.87. The molecule has 3 aliphatic rings. The summed E-state index contributed by atoms with van der Waals surface area (Å²) in [6.45, 7) is 5.20. The Morgan fingerprint density at radius 1 is 0.690 bits per heavy atom. The Morgan fingerprint density at radius 3 is 1.76 bits per heavy atom. The topological polar surface area (TPSA) is 136 Å². The molecule has 0 amide bonds. The molecule has 3 aliphatic heterocycles. The van der Waals surface area contributed by atoms with Crippen molar-refractivity contribution in [2.75, 3.05) is 7.11 Å². The number of methoxy groups -OCH3 is 1. The molecule has 4 N–H and O–H groups in total. The first-order valence-corrected chi connectivity index (χ1v) is 10.2. The lowest BCUT2D eigenvalue weighted by atomic mass is 9.99. The summed E-state index contributed by atoms with van der Waals surface area (Å²) in [7, 11) is 1.52. The van der Waals surface area contributed by atoms with E-state index >= 15 is 0 Å². The van der Waals surface area contributed by atoms with Crippen LogP contribution in [0.1, 0.15) is 40.0 Å². The van der Waals surface area contributed by atoms with Crippen molar-refractivity contribution in [1.29, 1.82) is 0 Å². The van der Waals surface area contributed by atoms with Gasteiger partial charge >= 0.3 is 0 Å². The summed E-state index contributed by atoms with van der Waals surface area (Å²) in [4.78, 5) is 0. The minimum absolute atomic E-state index is 0.0509. The van der Waals surface area contributed by atoms with Crippen LogP contribution in [0.3, 0.4) is 0 Å². The Morgan fingerprint density at radius 2 is 1.21 bits per heavy atom. The van der Waals surface area contributed by atoms with Crippen LogP contribution in [0.2, 0.25) is 0 Å². The molecule has 0 aliphatic carbocycles. The van der Waals surface area contributed by atoms with Crippen molar-refractivity contribution < 1.29 is 48.8 Å². The van der Waals surface area contributed by atoms with Crippen molar-refractivity contribution >= 4 is 0 Å². The van der Waals surface area contributed by atoms with Gasteiger partial charge < -0.3 is 48.8 Å². The van der Waals surface area contributed by atoms with Gasteiger partial charge in [0.25, 0.3) is 0 Å². The van der Waals surface area contributed by atoms with Crippen molar-refractivity contribution in [2.24, 2.45) is 0 Å². The molecule has 0 aromatic carbocycles. The summed E-state index contributed by atoms with van der Waals surface area (Å²) in [5.41, 5.74) is 0. The first-order chi connectivity index (χ1) is 13.7. The maximum absolute atomic E-state index is 10.6. The maximum Gasteiger partial charge on any atom is 0.161 e. The van der Waals surface area contributed by atoms with Gasteiger partial charge in [0.15, 0.2) is 18.9 Å². The number of aliphatic hydroxyl groups is 4. The van der Waals surface area contributed by atoms with Crippen LogP contribution in [-0.2, 0) is 28.4 Å². The fourth-order valence-corrected chi connectivity index (χ4v) is 4.22. The van der Waals surface area contributed by atoms with Crippen molar-refractivity contribution in [2.45, 2.75) is 114 Å². The zero-order valence-corrected chi connectivity index (χ0v) is 17.3. The molecule has 10 heteroatoms. The number of ether oxygens (including phenoxy) is 6. The predicted molar refractivity (Wildman–Crippen MR) is 97.6 cm³/mol. The van der Waals surface area contributed by atoms with E-state index < -0.39 is 73.8 Å². The fraction of sp³-hybridized carbons (Fsp3) is 1.00. The van der Waals surface area contributed by atoms with Crippen molar-refractivity contribution in [3.8, 4) is 0 Å². The molecular formula is C19H34O10. The first-order valence-electron chi connectivity index (χ1n) is 10.2. The van der Waals surface area contributed by atoms with Gasteiger partial charge in [0, 0.05) is 26.4 Å². The molecular weight excluding hydrogens is 388 g/mol. The van der Waals surface area contributed by atoms with Crippen LogP contribution in [0.5, 0.6) is 0 Å². The van der Waals surface area contributed by atoms with Crippen LogP contribution >= 0.6 is 0 Å². The molecule has 3 saturated heterocycles. The molecule has 29 heavy (non-hydrogen) atoms. The largest absolute Gasteiger partial charge is 0.390 e. The van der Waals surface area contributed by atoms with Crippen LogP contribution in [-0.4, -0.2) is 101 Å². The van der Waals surface area contributed by atoms with E-state index in [4.69, 9.17) is 28.4 Å². The van der Waals surface area contributed by atoms with Gasteiger partial charge in [-0.15, -0.1) is 0 Å². The zero-order chi connectivity index (χ0) is 21.3. The number of hydrogen-bond donors (Lipinski definition) is 4. The van der Waals surface area contributed by atoms with E-state index in [1.807, 2.05) is 0 Å². The number of rotatable bonds is 5. The molecule has 0 spiro atoms. The first kappa shape index (κ1) is 23.3. The standard InChI is InChI=1S/C19H34O10/c1-8-17(23)13(24-4)7-16(26-8)29-19-10(3)27-15(6-12(19)21)28-18-9(2)25-14(22)5-11(18)20/h8-23H,5-7H2,1-4H3/t8-,9-,10-,11-,12-,13-,14?,15+,16+,17-,18-,19-/m1/s1. The van der Waals surface area contributed by atoms with Gasteiger partial charge in [0.05, 0.1) is 36.6 Å². The summed E-state index contributed by atoms with van der Waals surface area (Å²) < 4.78 is 34.0. The molecule has 3 rings (SSSR count). The lowest BCUT2D eigenvalue weighted by molar-refractivity contribution is -0.332. The molecule has 0 saturated carbocycles. The zero-order valence-electron chi connectivity index (χ0n) is 17.3. The Kier molecular flexibility index (Phi) is 7.88. The highest BCUT2D eigenvalue weighted by Crippen LogP contribution is 2.31. The second kappa shape index (κ2) is 9.82. The van der Waals surface area contributed by atoms with Gasteiger partial charge in [-0.1, -0.05) is 0 Å². The van der Waals surface area contributed by atoms with Gasteiger partial charge in [-0.05, 0) is 20.8 Å². The normalized spacial score (nSPS) is 51.7. The van der Waals surface area contributed by atoms with Crippen molar-refractivity contribution in [3.63, 3.8) is 0 Å². The van der Waals surface area contributed by atoms with E-state index in [0.717, 1.165) is 0 Å². The summed E-state index contributed by atoms with van der Waals surface area (Å²) in [6, 6.07) is 0. The second-order valence-corrected chi connectivity index (χ2v) is 8.15. The highest BCUT2D eigenvalue weighted by atomic mass is 16.7. The fourth-order valence-electron chi connectivity index (χ4n) is 4.22. The Labute approximate surface area is 170 Å². The third-order valence-electron chi connectivity index (χ3n) is 5.87. The monoisotopic (exact) mass is 422 g/mol. The number of aliphatic hydroxyl groups excluding tert-OH is 4. The van der Waals surface area contributed by atoms with E-state index in [-0.39, 0.29) is 12.8 Å². The van der Waals surface area contributed by atoms with Crippen LogP contribution in [0.15, 0.2) is 0 Å². The lowest BCUT2D eigenvalue weighted by Gasteiger charge is -2.44. The van der Waals surface area contributed by atoms with Crippen LogP contribution in [0.4, 0.5) is 0 Å². The quantitative estimate of drug-likeness (QED) is 0.448. The van der Waals surface area contributed by atoms with Gasteiger partial charge in [0.1, 0.15) is 18.3 Å². The van der Waals surface area contributed by atoms with E-state index in [1.54, 1.807) is 20.8 Å². The molecule has 0 radical (unpaired) electrons. The average molecular weight is 422 g/mol. The van der Waals surface area contributed by atoms with Crippen molar-refractivity contribution in [3.05, 3.63) is 0 Å². The SMILES string of the molecule is CO[C@@H]1C[C@H](O[C@H]2[C@H](O)C[C@H](O[C@H]3[C@H](O)CC(O)O[C@@H]3C)O[C@@H]2C)O[C@H](C)[C@H]1O.